The number of carboxylic acid groups (broad SMARTS) is 1. The number of carbonyl (C=O) groups is 2. The Hall–Kier alpha value is -3.80. The second-order valence-electron chi connectivity index (χ2n) is 12.8. The standard InChI is InChI=1S/C32H43N5O5Si/c1-31(2,3)42-28(38)27(36-30(39)40)23-19-34-29(35-20-23)37-18-17-33-24(21-37)22-41-43(32(4,5)6,25-13-9-7-10-14-25)26-15-11-8-12-16-26/h7-16,19-20,24,27,33,36H,17-18,21-22H2,1-6H3,(H,39,40)/t24-,27-/m1/s1. The summed E-state index contributed by atoms with van der Waals surface area (Å²) in [4.78, 5) is 35.2. The maximum atomic E-state index is 12.7. The first-order valence-electron chi connectivity index (χ1n) is 14.6. The maximum absolute atomic E-state index is 12.7. The van der Waals surface area contributed by atoms with Gasteiger partial charge in [-0.3, -0.25) is 0 Å². The van der Waals surface area contributed by atoms with Gasteiger partial charge in [0.25, 0.3) is 8.32 Å². The molecule has 2 aromatic carbocycles. The van der Waals surface area contributed by atoms with Gasteiger partial charge < -0.3 is 29.8 Å². The molecular formula is C32H43N5O5Si. The van der Waals surface area contributed by atoms with Crippen LogP contribution in [-0.4, -0.2) is 73.3 Å². The van der Waals surface area contributed by atoms with Crippen LogP contribution in [-0.2, 0) is 14.0 Å². The highest BCUT2D eigenvalue weighted by Crippen LogP contribution is 2.37. The average Bonchev–Trinajstić information content (AvgIpc) is 2.96. The van der Waals surface area contributed by atoms with Crippen LogP contribution >= 0.6 is 0 Å². The van der Waals surface area contributed by atoms with E-state index in [1.807, 2.05) is 12.1 Å². The predicted molar refractivity (Wildman–Crippen MR) is 169 cm³/mol. The fourth-order valence-electron chi connectivity index (χ4n) is 5.51. The van der Waals surface area contributed by atoms with E-state index in [-0.39, 0.29) is 11.1 Å². The van der Waals surface area contributed by atoms with Gasteiger partial charge >= 0.3 is 12.1 Å². The summed E-state index contributed by atoms with van der Waals surface area (Å²) in [6, 6.07) is 19.9. The molecule has 2 atom stereocenters. The highest BCUT2D eigenvalue weighted by Gasteiger charge is 2.50. The van der Waals surface area contributed by atoms with Crippen molar-refractivity contribution < 1.29 is 23.9 Å². The van der Waals surface area contributed by atoms with Crippen molar-refractivity contribution in [2.24, 2.45) is 0 Å². The number of esters is 1. The lowest BCUT2D eigenvalue weighted by molar-refractivity contribution is -0.157. The quantitative estimate of drug-likeness (QED) is 0.248. The Balaban J connectivity index is 1.52. The van der Waals surface area contributed by atoms with Crippen LogP contribution in [0.1, 0.15) is 53.1 Å². The molecule has 1 aliphatic heterocycles. The van der Waals surface area contributed by atoms with Gasteiger partial charge in [0, 0.05) is 43.6 Å². The number of anilines is 1. The Morgan fingerprint density at radius 2 is 1.56 bits per heavy atom. The molecule has 230 valence electrons. The van der Waals surface area contributed by atoms with Crippen LogP contribution < -0.4 is 25.9 Å². The molecule has 0 bridgehead atoms. The first-order valence-corrected chi connectivity index (χ1v) is 16.5. The molecule has 1 aliphatic rings. The summed E-state index contributed by atoms with van der Waals surface area (Å²) in [5.74, 6) is -0.215. The van der Waals surface area contributed by atoms with Crippen LogP contribution in [0.4, 0.5) is 10.7 Å². The minimum Gasteiger partial charge on any atom is -0.465 e. The summed E-state index contributed by atoms with van der Waals surface area (Å²) in [6.45, 7) is 14.5. The molecule has 0 saturated carbocycles. The van der Waals surface area contributed by atoms with E-state index < -0.39 is 32.0 Å². The normalized spacial score (nSPS) is 16.8. The minimum absolute atomic E-state index is 0.0295. The van der Waals surface area contributed by atoms with E-state index in [2.05, 4.69) is 94.8 Å². The van der Waals surface area contributed by atoms with Crippen molar-refractivity contribution in [2.75, 3.05) is 31.1 Å². The van der Waals surface area contributed by atoms with Gasteiger partial charge in [0.2, 0.25) is 5.95 Å². The molecular weight excluding hydrogens is 562 g/mol. The topological polar surface area (TPSA) is 126 Å². The van der Waals surface area contributed by atoms with Crippen molar-refractivity contribution in [1.82, 2.24) is 20.6 Å². The molecule has 0 radical (unpaired) electrons. The van der Waals surface area contributed by atoms with E-state index in [1.165, 1.54) is 22.8 Å². The number of aromatic nitrogens is 2. The number of nitrogens with zero attached hydrogens (tertiary/aromatic N) is 3. The maximum Gasteiger partial charge on any atom is 0.405 e. The summed E-state index contributed by atoms with van der Waals surface area (Å²) in [5.41, 5.74) is -0.468. The lowest BCUT2D eigenvalue weighted by Gasteiger charge is -2.44. The number of ether oxygens (including phenoxy) is 1. The van der Waals surface area contributed by atoms with Gasteiger partial charge in [0.05, 0.1) is 6.61 Å². The third kappa shape index (κ3) is 7.78. The Labute approximate surface area is 255 Å². The molecule has 1 saturated heterocycles. The summed E-state index contributed by atoms with van der Waals surface area (Å²) in [6.07, 6.45) is 1.61. The number of rotatable bonds is 9. The van der Waals surface area contributed by atoms with E-state index in [0.29, 0.717) is 31.2 Å². The number of piperazine rings is 1. The fourth-order valence-corrected chi connectivity index (χ4v) is 10.1. The molecule has 43 heavy (non-hydrogen) atoms. The number of carbonyl (C=O) groups excluding carboxylic acids is 1. The molecule has 3 aromatic rings. The molecule has 10 nitrogen and oxygen atoms in total. The number of hydrogen-bond acceptors (Lipinski definition) is 8. The lowest BCUT2D eigenvalue weighted by atomic mass is 10.1. The third-order valence-electron chi connectivity index (χ3n) is 7.36. The zero-order valence-corrected chi connectivity index (χ0v) is 26.8. The summed E-state index contributed by atoms with van der Waals surface area (Å²) in [7, 11) is -2.68. The summed E-state index contributed by atoms with van der Waals surface area (Å²) in [5, 5.41) is 17.5. The Bertz CT molecular complexity index is 1320. The third-order valence-corrected chi connectivity index (χ3v) is 12.4. The van der Waals surface area contributed by atoms with E-state index in [4.69, 9.17) is 9.16 Å². The lowest BCUT2D eigenvalue weighted by Crippen LogP contribution is -2.68. The zero-order chi connectivity index (χ0) is 31.3. The highest BCUT2D eigenvalue weighted by atomic mass is 28.4. The molecule has 0 aliphatic carbocycles. The Morgan fingerprint density at radius 1 is 1.00 bits per heavy atom. The van der Waals surface area contributed by atoms with Crippen molar-refractivity contribution in [1.29, 1.82) is 0 Å². The van der Waals surface area contributed by atoms with Crippen LogP contribution in [0.5, 0.6) is 0 Å². The van der Waals surface area contributed by atoms with E-state index in [0.717, 1.165) is 6.54 Å². The fraction of sp³-hybridized carbons (Fsp3) is 0.438. The Morgan fingerprint density at radius 3 is 2.05 bits per heavy atom. The van der Waals surface area contributed by atoms with E-state index >= 15 is 0 Å². The van der Waals surface area contributed by atoms with Gasteiger partial charge in [-0.1, -0.05) is 81.4 Å². The Kier molecular flexibility index (Phi) is 9.88. The zero-order valence-electron chi connectivity index (χ0n) is 25.8. The molecule has 11 heteroatoms. The second-order valence-corrected chi connectivity index (χ2v) is 17.1. The SMILES string of the molecule is CC(C)(C)OC(=O)[C@H](NC(=O)O)c1cnc(N2CCN[C@@H](CO[Si](c3ccccc3)(c3ccccc3)C(C)(C)C)C2)nc1. The van der Waals surface area contributed by atoms with Crippen LogP contribution in [0, 0.1) is 0 Å². The molecule has 1 aromatic heterocycles. The van der Waals surface area contributed by atoms with Crippen molar-refractivity contribution in [3.8, 4) is 0 Å². The van der Waals surface area contributed by atoms with Gasteiger partial charge in [-0.25, -0.2) is 19.6 Å². The average molecular weight is 606 g/mol. The van der Waals surface area contributed by atoms with Crippen molar-refractivity contribution in [3.05, 3.63) is 78.6 Å². The second kappa shape index (κ2) is 13.2. The summed E-state index contributed by atoms with van der Waals surface area (Å²) >= 11 is 0. The smallest absolute Gasteiger partial charge is 0.405 e. The first kappa shape index (κ1) is 32.1. The van der Waals surface area contributed by atoms with Crippen molar-refractivity contribution >= 4 is 36.7 Å². The van der Waals surface area contributed by atoms with E-state index in [1.54, 1.807) is 20.8 Å². The largest absolute Gasteiger partial charge is 0.465 e. The molecule has 3 N–H and O–H groups in total. The molecule has 1 amide bonds. The van der Waals surface area contributed by atoms with Gasteiger partial charge in [-0.05, 0) is 36.2 Å². The van der Waals surface area contributed by atoms with Crippen LogP contribution in [0.25, 0.3) is 0 Å². The molecule has 2 heterocycles. The molecule has 1 fully saturated rings. The van der Waals surface area contributed by atoms with Gasteiger partial charge in [-0.15, -0.1) is 0 Å². The highest BCUT2D eigenvalue weighted by molar-refractivity contribution is 6.99. The minimum atomic E-state index is -2.68. The van der Waals surface area contributed by atoms with Crippen molar-refractivity contribution in [3.63, 3.8) is 0 Å². The molecule has 0 unspecified atom stereocenters. The van der Waals surface area contributed by atoms with Gasteiger partial charge in [0.15, 0.2) is 6.04 Å². The number of nitrogens with one attached hydrogen (secondary N) is 2. The number of amides is 1. The molecule has 0 spiro atoms. The molecule has 4 rings (SSSR count). The van der Waals surface area contributed by atoms with Crippen LogP contribution in [0.15, 0.2) is 73.1 Å². The predicted octanol–water partition coefficient (Wildman–Crippen LogP) is 3.48. The van der Waals surface area contributed by atoms with Crippen molar-refractivity contribution in [2.45, 2.75) is 64.3 Å². The first-order chi connectivity index (χ1) is 20.3. The monoisotopic (exact) mass is 605 g/mol. The number of hydrogen-bond donors (Lipinski definition) is 3. The van der Waals surface area contributed by atoms with Crippen LogP contribution in [0.3, 0.4) is 0 Å². The van der Waals surface area contributed by atoms with Gasteiger partial charge in [-0.2, -0.15) is 0 Å². The summed E-state index contributed by atoms with van der Waals surface area (Å²) < 4.78 is 12.5. The number of benzene rings is 2. The van der Waals surface area contributed by atoms with Crippen LogP contribution in [0.2, 0.25) is 5.04 Å². The van der Waals surface area contributed by atoms with E-state index in [9.17, 15) is 14.7 Å². The van der Waals surface area contributed by atoms with Gasteiger partial charge in [0.1, 0.15) is 5.60 Å².